The molecule has 21 heavy (non-hydrogen) atoms. The molecule has 0 aliphatic carbocycles. The highest BCUT2D eigenvalue weighted by molar-refractivity contribution is 7.14. The van der Waals surface area contributed by atoms with Crippen molar-refractivity contribution in [2.45, 2.75) is 46.1 Å². The second-order valence-electron chi connectivity index (χ2n) is 5.85. The van der Waals surface area contributed by atoms with Gasteiger partial charge in [0.15, 0.2) is 0 Å². The van der Waals surface area contributed by atoms with Gasteiger partial charge >= 0.3 is 0 Å². The molecule has 1 aromatic heterocycles. The molecular formula is C17H23NO2S. The van der Waals surface area contributed by atoms with Crippen molar-refractivity contribution in [3.8, 4) is 11.8 Å². The summed E-state index contributed by atoms with van der Waals surface area (Å²) in [5.41, 5.74) is 1.05. The molecule has 1 fully saturated rings. The number of hydrogen-bond acceptors (Lipinski definition) is 3. The zero-order chi connectivity index (χ0) is 15.4. The lowest BCUT2D eigenvalue weighted by molar-refractivity contribution is 0.0706. The van der Waals surface area contributed by atoms with Crippen molar-refractivity contribution in [3.63, 3.8) is 0 Å². The number of thiophene rings is 1. The second kappa shape index (κ2) is 7.11. The Balaban J connectivity index is 2.17. The van der Waals surface area contributed by atoms with Gasteiger partial charge in [0.25, 0.3) is 5.91 Å². The first-order chi connectivity index (χ1) is 10.0. The van der Waals surface area contributed by atoms with Crippen LogP contribution < -0.4 is 0 Å². The van der Waals surface area contributed by atoms with Crippen LogP contribution in [-0.4, -0.2) is 35.1 Å². The molecule has 1 aromatic rings. The molecule has 1 saturated heterocycles. The predicted molar refractivity (Wildman–Crippen MR) is 86.5 cm³/mol. The average Bonchev–Trinajstić information content (AvgIpc) is 3.06. The van der Waals surface area contributed by atoms with Gasteiger partial charge in [0, 0.05) is 19.0 Å². The fourth-order valence-electron chi connectivity index (χ4n) is 2.79. The van der Waals surface area contributed by atoms with E-state index in [9.17, 15) is 4.79 Å². The fourth-order valence-corrected chi connectivity index (χ4v) is 3.79. The summed E-state index contributed by atoms with van der Waals surface area (Å²) in [6.07, 6.45) is 2.68. The zero-order valence-corrected chi connectivity index (χ0v) is 13.8. The van der Waals surface area contributed by atoms with Gasteiger partial charge in [0.1, 0.15) is 0 Å². The van der Waals surface area contributed by atoms with Gasteiger partial charge in [-0.3, -0.25) is 4.79 Å². The number of nitrogens with zero attached hydrogens (tertiary/aromatic N) is 1. The van der Waals surface area contributed by atoms with Gasteiger partial charge < -0.3 is 10.0 Å². The van der Waals surface area contributed by atoms with E-state index in [0.29, 0.717) is 18.4 Å². The average molecular weight is 305 g/mol. The largest absolute Gasteiger partial charge is 0.395 e. The third-order valence-corrected chi connectivity index (χ3v) is 5.04. The van der Waals surface area contributed by atoms with E-state index in [1.807, 2.05) is 17.9 Å². The Hall–Kier alpha value is -1.31. The third-order valence-electron chi connectivity index (χ3n) is 3.90. The van der Waals surface area contributed by atoms with E-state index in [0.717, 1.165) is 34.7 Å². The first-order valence-corrected chi connectivity index (χ1v) is 8.37. The highest BCUT2D eigenvalue weighted by Gasteiger charge is 2.32. The van der Waals surface area contributed by atoms with Crippen LogP contribution in [0.25, 0.3) is 0 Å². The molecule has 1 N–H and O–H groups in total. The summed E-state index contributed by atoms with van der Waals surface area (Å²) in [5.74, 6) is 6.63. The van der Waals surface area contributed by atoms with Crippen LogP contribution in [0.4, 0.5) is 0 Å². The SMILES string of the molecule is Cc1cc(C(=O)N2CCCC2C(C)C)sc1C#CCCO. The Morgan fingerprint density at radius 1 is 1.57 bits per heavy atom. The standard InChI is InChI=1S/C17H23NO2S/c1-12(2)14-7-6-9-18(14)17(20)16-11-13(3)15(21-16)8-4-5-10-19/h11-12,14,19H,5-7,9-10H2,1-3H3. The van der Waals surface area contributed by atoms with Gasteiger partial charge in [-0.15, -0.1) is 11.3 Å². The van der Waals surface area contributed by atoms with E-state index >= 15 is 0 Å². The van der Waals surface area contributed by atoms with Gasteiger partial charge in [-0.25, -0.2) is 0 Å². The van der Waals surface area contributed by atoms with Crippen LogP contribution in [0.1, 0.15) is 53.2 Å². The number of aliphatic hydroxyl groups is 1. The first-order valence-electron chi connectivity index (χ1n) is 7.55. The minimum atomic E-state index is 0.0764. The Bertz CT molecular complexity index is 565. The van der Waals surface area contributed by atoms with Crippen LogP contribution >= 0.6 is 11.3 Å². The number of rotatable bonds is 3. The smallest absolute Gasteiger partial charge is 0.264 e. The summed E-state index contributed by atoms with van der Waals surface area (Å²) in [6, 6.07) is 2.31. The maximum Gasteiger partial charge on any atom is 0.264 e. The zero-order valence-electron chi connectivity index (χ0n) is 13.0. The number of carbonyl (C=O) groups is 1. The predicted octanol–water partition coefficient (Wildman–Crippen LogP) is 3.05. The second-order valence-corrected chi connectivity index (χ2v) is 6.90. The highest BCUT2D eigenvalue weighted by Crippen LogP contribution is 2.29. The van der Waals surface area contributed by atoms with Crippen molar-refractivity contribution in [2.24, 2.45) is 5.92 Å². The van der Waals surface area contributed by atoms with E-state index < -0.39 is 0 Å². The van der Waals surface area contributed by atoms with E-state index in [4.69, 9.17) is 5.11 Å². The summed E-state index contributed by atoms with van der Waals surface area (Å²) in [6.45, 7) is 7.29. The number of hydrogen-bond donors (Lipinski definition) is 1. The lowest BCUT2D eigenvalue weighted by atomic mass is 10.0. The van der Waals surface area contributed by atoms with Crippen molar-refractivity contribution in [3.05, 3.63) is 21.4 Å². The molecule has 3 nitrogen and oxygen atoms in total. The van der Waals surface area contributed by atoms with E-state index in [2.05, 4.69) is 25.7 Å². The number of carbonyl (C=O) groups excluding carboxylic acids is 1. The third kappa shape index (κ3) is 3.66. The highest BCUT2D eigenvalue weighted by atomic mass is 32.1. The van der Waals surface area contributed by atoms with E-state index in [-0.39, 0.29) is 12.5 Å². The molecule has 1 amide bonds. The van der Waals surface area contributed by atoms with Crippen molar-refractivity contribution in [2.75, 3.05) is 13.2 Å². The van der Waals surface area contributed by atoms with Crippen LogP contribution in [0.3, 0.4) is 0 Å². The molecule has 1 unspecified atom stereocenters. The summed E-state index contributed by atoms with van der Waals surface area (Å²) >= 11 is 1.47. The van der Waals surface area contributed by atoms with Crippen molar-refractivity contribution in [1.29, 1.82) is 0 Å². The maximum absolute atomic E-state index is 12.7. The molecule has 2 rings (SSSR count). The summed E-state index contributed by atoms with van der Waals surface area (Å²) in [4.78, 5) is 16.5. The fraction of sp³-hybridized carbons (Fsp3) is 0.588. The number of aryl methyl sites for hydroxylation is 1. The molecule has 114 valence electrons. The lowest BCUT2D eigenvalue weighted by Gasteiger charge is -2.27. The molecule has 0 aromatic carbocycles. The molecule has 4 heteroatoms. The van der Waals surface area contributed by atoms with Crippen molar-refractivity contribution >= 4 is 17.2 Å². The van der Waals surface area contributed by atoms with Gasteiger partial charge in [-0.2, -0.15) is 0 Å². The molecule has 0 saturated carbocycles. The van der Waals surface area contributed by atoms with Crippen LogP contribution in [0, 0.1) is 24.7 Å². The van der Waals surface area contributed by atoms with Gasteiger partial charge in [0.05, 0.1) is 16.4 Å². The maximum atomic E-state index is 12.7. The molecule has 1 aliphatic rings. The molecule has 0 radical (unpaired) electrons. The summed E-state index contributed by atoms with van der Waals surface area (Å²) < 4.78 is 0. The van der Waals surface area contributed by atoms with Gasteiger partial charge in [-0.1, -0.05) is 25.7 Å². The minimum absolute atomic E-state index is 0.0764. The molecule has 2 heterocycles. The Morgan fingerprint density at radius 2 is 2.33 bits per heavy atom. The van der Waals surface area contributed by atoms with E-state index in [1.165, 1.54) is 11.3 Å². The number of amides is 1. The Labute approximate surface area is 131 Å². The quantitative estimate of drug-likeness (QED) is 0.872. The Kier molecular flexibility index (Phi) is 5.44. The summed E-state index contributed by atoms with van der Waals surface area (Å²) in [7, 11) is 0. The van der Waals surface area contributed by atoms with Crippen LogP contribution in [0.5, 0.6) is 0 Å². The van der Waals surface area contributed by atoms with Crippen LogP contribution in [0.15, 0.2) is 6.07 Å². The molecule has 1 atom stereocenters. The van der Waals surface area contributed by atoms with E-state index in [1.54, 1.807) is 0 Å². The summed E-state index contributed by atoms with van der Waals surface area (Å²) in [5, 5.41) is 8.77. The first kappa shape index (κ1) is 16.1. The molecular weight excluding hydrogens is 282 g/mol. The molecule has 0 spiro atoms. The van der Waals surface area contributed by atoms with Gasteiger partial charge in [-0.05, 0) is 37.3 Å². The Morgan fingerprint density at radius 3 is 3.00 bits per heavy atom. The number of aliphatic hydroxyl groups excluding tert-OH is 1. The monoisotopic (exact) mass is 305 g/mol. The normalized spacial score (nSPS) is 18.0. The van der Waals surface area contributed by atoms with Crippen LogP contribution in [0.2, 0.25) is 0 Å². The molecule has 1 aliphatic heterocycles. The number of likely N-dealkylation sites (tertiary alicyclic amines) is 1. The minimum Gasteiger partial charge on any atom is -0.395 e. The van der Waals surface area contributed by atoms with Crippen molar-refractivity contribution < 1.29 is 9.90 Å². The molecule has 0 bridgehead atoms. The topological polar surface area (TPSA) is 40.5 Å². The van der Waals surface area contributed by atoms with Gasteiger partial charge in [0.2, 0.25) is 0 Å². The van der Waals surface area contributed by atoms with Crippen molar-refractivity contribution in [1.82, 2.24) is 4.90 Å². The van der Waals surface area contributed by atoms with Crippen LogP contribution in [-0.2, 0) is 0 Å². The lowest BCUT2D eigenvalue weighted by Crippen LogP contribution is -2.38.